The second-order valence-corrected chi connectivity index (χ2v) is 3.74. The first-order valence-electron chi connectivity index (χ1n) is 4.60. The summed E-state index contributed by atoms with van der Waals surface area (Å²) in [6.45, 7) is 1.59. The minimum absolute atomic E-state index is 0.137. The normalized spacial score (nSPS) is 39.6. The van der Waals surface area contributed by atoms with Gasteiger partial charge in [-0.05, 0) is 32.3 Å². The van der Waals surface area contributed by atoms with Gasteiger partial charge in [0.2, 0.25) is 0 Å². The van der Waals surface area contributed by atoms with Gasteiger partial charge < -0.3 is 4.74 Å². The molecule has 2 nitrogen and oxygen atoms in total. The van der Waals surface area contributed by atoms with Crippen molar-refractivity contribution in [2.24, 2.45) is 5.92 Å². The van der Waals surface area contributed by atoms with E-state index in [2.05, 4.69) is 0 Å². The van der Waals surface area contributed by atoms with E-state index in [9.17, 15) is 4.79 Å². The van der Waals surface area contributed by atoms with Crippen LogP contribution in [0.5, 0.6) is 0 Å². The molecule has 0 aromatic rings. The molecule has 2 aliphatic heterocycles. The fourth-order valence-electron chi connectivity index (χ4n) is 2.14. The molecule has 2 aliphatic rings. The van der Waals surface area contributed by atoms with Crippen LogP contribution >= 0.6 is 0 Å². The number of hydrogen-bond acceptors (Lipinski definition) is 2. The molecule has 2 saturated heterocycles. The van der Waals surface area contributed by atoms with E-state index < -0.39 is 0 Å². The zero-order valence-corrected chi connectivity index (χ0v) is 7.32. The maximum atomic E-state index is 10.7. The van der Waals surface area contributed by atoms with Crippen molar-refractivity contribution >= 4 is 5.78 Å². The Morgan fingerprint density at radius 1 is 1.50 bits per heavy atom. The van der Waals surface area contributed by atoms with Gasteiger partial charge in [-0.3, -0.25) is 4.79 Å². The molecule has 0 radical (unpaired) electrons. The number of ether oxygens (including phenoxy) is 1. The first kappa shape index (κ1) is 7.99. The number of hydrogen-bond donors (Lipinski definition) is 0. The van der Waals surface area contributed by atoms with Crippen molar-refractivity contribution in [1.29, 1.82) is 0 Å². The molecular weight excluding hydrogens is 152 g/mol. The number of allylic oxidation sites excluding steroid dienone is 1. The molecule has 2 bridgehead atoms. The average molecular weight is 166 g/mol. The predicted octanol–water partition coefficient (Wildman–Crippen LogP) is 1.70. The standard InChI is InChI=1S/C10H14O2/c1-7(11)2-3-8-6-9-4-5-10(8)12-9/h2-3,8-10H,4-6H2,1H3/b3-2+. The van der Waals surface area contributed by atoms with Crippen LogP contribution in [0.25, 0.3) is 0 Å². The van der Waals surface area contributed by atoms with E-state index in [0.29, 0.717) is 18.1 Å². The van der Waals surface area contributed by atoms with E-state index in [1.807, 2.05) is 6.08 Å². The van der Waals surface area contributed by atoms with Crippen molar-refractivity contribution in [3.05, 3.63) is 12.2 Å². The third-order valence-corrected chi connectivity index (χ3v) is 2.73. The van der Waals surface area contributed by atoms with Gasteiger partial charge in [0, 0.05) is 5.92 Å². The molecule has 66 valence electrons. The first-order valence-corrected chi connectivity index (χ1v) is 4.60. The Labute approximate surface area is 72.6 Å². The van der Waals surface area contributed by atoms with E-state index in [1.54, 1.807) is 13.0 Å². The molecule has 2 heterocycles. The summed E-state index contributed by atoms with van der Waals surface area (Å²) in [5.74, 6) is 0.644. The van der Waals surface area contributed by atoms with Crippen LogP contribution in [-0.4, -0.2) is 18.0 Å². The predicted molar refractivity (Wildman–Crippen MR) is 45.8 cm³/mol. The van der Waals surface area contributed by atoms with Crippen LogP contribution in [0.15, 0.2) is 12.2 Å². The van der Waals surface area contributed by atoms with Crippen molar-refractivity contribution in [2.75, 3.05) is 0 Å². The minimum Gasteiger partial charge on any atom is -0.374 e. The van der Waals surface area contributed by atoms with Gasteiger partial charge in [-0.2, -0.15) is 0 Å². The molecule has 2 fully saturated rings. The summed E-state index contributed by atoms with van der Waals surface area (Å²) in [5.41, 5.74) is 0. The highest BCUT2D eigenvalue weighted by Gasteiger charge is 2.39. The molecule has 0 aliphatic carbocycles. The molecule has 0 aromatic carbocycles. The lowest BCUT2D eigenvalue weighted by molar-refractivity contribution is -0.112. The van der Waals surface area contributed by atoms with Crippen LogP contribution in [0.1, 0.15) is 26.2 Å². The molecule has 0 aromatic heterocycles. The zero-order chi connectivity index (χ0) is 8.55. The summed E-state index contributed by atoms with van der Waals surface area (Å²) in [6, 6.07) is 0. The van der Waals surface area contributed by atoms with Gasteiger partial charge in [0.15, 0.2) is 5.78 Å². The number of fused-ring (bicyclic) bond motifs is 2. The zero-order valence-electron chi connectivity index (χ0n) is 7.32. The minimum atomic E-state index is 0.137. The number of rotatable bonds is 2. The Hall–Kier alpha value is -0.630. The van der Waals surface area contributed by atoms with E-state index in [0.717, 1.165) is 6.42 Å². The second-order valence-electron chi connectivity index (χ2n) is 3.74. The van der Waals surface area contributed by atoms with E-state index >= 15 is 0 Å². The molecule has 12 heavy (non-hydrogen) atoms. The molecule has 0 saturated carbocycles. The summed E-state index contributed by atoms with van der Waals surface area (Å²) in [6.07, 6.45) is 8.10. The Morgan fingerprint density at radius 2 is 2.33 bits per heavy atom. The SMILES string of the molecule is CC(=O)/C=C/C1CC2CCC1O2. The third kappa shape index (κ3) is 1.44. The molecule has 2 heteroatoms. The number of carbonyl (C=O) groups excluding carboxylic acids is 1. The number of carbonyl (C=O) groups is 1. The van der Waals surface area contributed by atoms with Gasteiger partial charge in [0.25, 0.3) is 0 Å². The fraction of sp³-hybridized carbons (Fsp3) is 0.700. The van der Waals surface area contributed by atoms with Crippen LogP contribution < -0.4 is 0 Å². The molecule has 0 amide bonds. The van der Waals surface area contributed by atoms with Gasteiger partial charge in [-0.1, -0.05) is 6.08 Å². The maximum absolute atomic E-state index is 10.7. The Kier molecular flexibility index (Phi) is 2.01. The van der Waals surface area contributed by atoms with Gasteiger partial charge in [0.1, 0.15) is 0 Å². The van der Waals surface area contributed by atoms with Crippen molar-refractivity contribution in [2.45, 2.75) is 38.4 Å². The maximum Gasteiger partial charge on any atom is 0.152 e. The highest BCUT2D eigenvalue weighted by atomic mass is 16.5. The summed E-state index contributed by atoms with van der Waals surface area (Å²) >= 11 is 0. The summed E-state index contributed by atoms with van der Waals surface area (Å²) < 4.78 is 5.65. The fourth-order valence-corrected chi connectivity index (χ4v) is 2.14. The Balaban J connectivity index is 1.94. The molecule has 3 atom stereocenters. The van der Waals surface area contributed by atoms with Crippen molar-refractivity contribution < 1.29 is 9.53 Å². The van der Waals surface area contributed by atoms with Gasteiger partial charge in [-0.25, -0.2) is 0 Å². The molecular formula is C10H14O2. The van der Waals surface area contributed by atoms with Crippen LogP contribution in [0.2, 0.25) is 0 Å². The number of ketones is 1. The van der Waals surface area contributed by atoms with Crippen LogP contribution in [-0.2, 0) is 9.53 Å². The first-order chi connectivity index (χ1) is 5.75. The van der Waals surface area contributed by atoms with E-state index in [-0.39, 0.29) is 5.78 Å². The highest BCUT2D eigenvalue weighted by Crippen LogP contribution is 2.39. The molecule has 0 spiro atoms. The lowest BCUT2D eigenvalue weighted by atomic mass is 9.89. The Bertz CT molecular complexity index is 220. The average Bonchev–Trinajstić information content (AvgIpc) is 2.60. The summed E-state index contributed by atoms with van der Waals surface area (Å²) in [4.78, 5) is 10.7. The summed E-state index contributed by atoms with van der Waals surface area (Å²) in [5, 5.41) is 0. The molecule has 0 N–H and O–H groups in total. The topological polar surface area (TPSA) is 26.3 Å². The quantitative estimate of drug-likeness (QED) is 0.583. The molecule has 3 unspecified atom stereocenters. The van der Waals surface area contributed by atoms with Crippen LogP contribution in [0, 0.1) is 5.92 Å². The highest BCUT2D eigenvalue weighted by molar-refractivity contribution is 5.87. The smallest absolute Gasteiger partial charge is 0.152 e. The van der Waals surface area contributed by atoms with Crippen molar-refractivity contribution in [1.82, 2.24) is 0 Å². The lowest BCUT2D eigenvalue weighted by Crippen LogP contribution is -2.13. The van der Waals surface area contributed by atoms with Gasteiger partial charge >= 0.3 is 0 Å². The van der Waals surface area contributed by atoms with E-state index in [1.165, 1.54) is 12.8 Å². The van der Waals surface area contributed by atoms with Crippen molar-refractivity contribution in [3.63, 3.8) is 0 Å². The Morgan fingerprint density at radius 3 is 2.83 bits per heavy atom. The van der Waals surface area contributed by atoms with Crippen molar-refractivity contribution in [3.8, 4) is 0 Å². The lowest BCUT2D eigenvalue weighted by Gasteiger charge is -2.13. The van der Waals surface area contributed by atoms with Crippen LogP contribution in [0.3, 0.4) is 0 Å². The largest absolute Gasteiger partial charge is 0.374 e. The second kappa shape index (κ2) is 3.02. The third-order valence-electron chi connectivity index (χ3n) is 2.73. The molecule has 2 rings (SSSR count). The van der Waals surface area contributed by atoms with Gasteiger partial charge in [-0.15, -0.1) is 0 Å². The van der Waals surface area contributed by atoms with Crippen LogP contribution in [0.4, 0.5) is 0 Å². The van der Waals surface area contributed by atoms with E-state index in [4.69, 9.17) is 4.74 Å². The monoisotopic (exact) mass is 166 g/mol. The van der Waals surface area contributed by atoms with Gasteiger partial charge in [0.05, 0.1) is 12.2 Å². The summed E-state index contributed by atoms with van der Waals surface area (Å²) in [7, 11) is 0.